The first-order valence-electron chi connectivity index (χ1n) is 10.0. The van der Waals surface area contributed by atoms with Crippen LogP contribution in [0.5, 0.6) is 0 Å². The average Bonchev–Trinajstić information content (AvgIpc) is 3.07. The number of para-hydroxylation sites is 1. The maximum absolute atomic E-state index is 12.3. The summed E-state index contributed by atoms with van der Waals surface area (Å²) in [4.78, 5) is 37.6. The lowest BCUT2D eigenvalue weighted by Gasteiger charge is -2.23. The number of carbonyl (C=O) groups excluding carboxylic acids is 3. The van der Waals surface area contributed by atoms with Gasteiger partial charge in [0.1, 0.15) is 5.60 Å². The molecular formula is C21H32N4O4. The van der Waals surface area contributed by atoms with Crippen LogP contribution in [-0.2, 0) is 20.9 Å². The van der Waals surface area contributed by atoms with Crippen molar-refractivity contribution in [3.8, 4) is 0 Å². The minimum Gasteiger partial charge on any atom is -0.444 e. The van der Waals surface area contributed by atoms with Crippen molar-refractivity contribution in [3.05, 3.63) is 29.8 Å². The molecule has 0 bridgehead atoms. The highest BCUT2D eigenvalue weighted by Crippen LogP contribution is 2.24. The van der Waals surface area contributed by atoms with Gasteiger partial charge < -0.3 is 21.1 Å². The summed E-state index contributed by atoms with van der Waals surface area (Å²) in [5.41, 5.74) is 6.62. The summed E-state index contributed by atoms with van der Waals surface area (Å²) in [6.45, 7) is 7.12. The fourth-order valence-corrected chi connectivity index (χ4v) is 3.30. The molecule has 0 saturated carbocycles. The number of primary amides is 1. The number of carbonyl (C=O) groups is 3. The molecule has 8 heteroatoms. The third-order valence-corrected chi connectivity index (χ3v) is 4.61. The second-order valence-electron chi connectivity index (χ2n) is 8.27. The van der Waals surface area contributed by atoms with E-state index >= 15 is 0 Å². The van der Waals surface area contributed by atoms with E-state index in [1.54, 1.807) is 20.8 Å². The fraction of sp³-hybridized carbons (Fsp3) is 0.571. The van der Waals surface area contributed by atoms with Crippen LogP contribution in [0.15, 0.2) is 24.3 Å². The van der Waals surface area contributed by atoms with Crippen molar-refractivity contribution in [3.63, 3.8) is 0 Å². The monoisotopic (exact) mass is 404 g/mol. The van der Waals surface area contributed by atoms with Crippen molar-refractivity contribution in [2.45, 2.75) is 64.6 Å². The fourth-order valence-electron chi connectivity index (χ4n) is 3.30. The maximum atomic E-state index is 12.3. The number of alkyl carbamates (subject to hydrolysis) is 1. The number of hydrogen-bond donors (Lipinski definition) is 3. The van der Waals surface area contributed by atoms with Crippen molar-refractivity contribution in [2.75, 3.05) is 18.4 Å². The van der Waals surface area contributed by atoms with Crippen molar-refractivity contribution in [1.82, 2.24) is 10.2 Å². The number of nitrogens with two attached hydrogens (primary N) is 1. The van der Waals surface area contributed by atoms with E-state index in [2.05, 4.69) is 15.5 Å². The van der Waals surface area contributed by atoms with Gasteiger partial charge in [-0.2, -0.15) is 0 Å². The van der Waals surface area contributed by atoms with Crippen molar-refractivity contribution < 1.29 is 19.1 Å². The Labute approximate surface area is 172 Å². The smallest absolute Gasteiger partial charge is 0.407 e. The zero-order valence-corrected chi connectivity index (χ0v) is 17.5. The van der Waals surface area contributed by atoms with Crippen molar-refractivity contribution >= 4 is 23.6 Å². The molecule has 1 atom stereocenters. The first kappa shape index (κ1) is 22.7. The summed E-state index contributed by atoms with van der Waals surface area (Å²) in [6.07, 6.45) is 2.00. The van der Waals surface area contributed by atoms with E-state index in [4.69, 9.17) is 10.5 Å². The molecule has 0 radical (unpaired) electrons. The van der Waals surface area contributed by atoms with Crippen LogP contribution in [-0.4, -0.2) is 47.5 Å². The molecule has 2 rings (SSSR count). The van der Waals surface area contributed by atoms with Gasteiger partial charge in [-0.15, -0.1) is 0 Å². The van der Waals surface area contributed by atoms with Gasteiger partial charge >= 0.3 is 6.09 Å². The lowest BCUT2D eigenvalue weighted by Crippen LogP contribution is -2.39. The quantitative estimate of drug-likeness (QED) is 0.576. The molecule has 1 aromatic rings. The summed E-state index contributed by atoms with van der Waals surface area (Å²) in [7, 11) is 0. The van der Waals surface area contributed by atoms with Gasteiger partial charge in [-0.25, -0.2) is 4.79 Å². The van der Waals surface area contributed by atoms with Gasteiger partial charge in [0.15, 0.2) is 0 Å². The van der Waals surface area contributed by atoms with Crippen LogP contribution < -0.4 is 16.4 Å². The lowest BCUT2D eigenvalue weighted by atomic mass is 10.1. The largest absolute Gasteiger partial charge is 0.444 e. The van der Waals surface area contributed by atoms with Gasteiger partial charge in [0.05, 0.1) is 6.04 Å². The Kier molecular flexibility index (Phi) is 8.01. The van der Waals surface area contributed by atoms with Gasteiger partial charge in [0, 0.05) is 25.2 Å². The average molecular weight is 405 g/mol. The molecular weight excluding hydrogens is 372 g/mol. The highest BCUT2D eigenvalue weighted by atomic mass is 16.6. The molecule has 1 aliphatic rings. The number of hydrogen-bond acceptors (Lipinski definition) is 5. The second-order valence-corrected chi connectivity index (χ2v) is 8.27. The van der Waals surface area contributed by atoms with Gasteiger partial charge in [-0.05, 0) is 58.2 Å². The summed E-state index contributed by atoms with van der Waals surface area (Å²) < 4.78 is 5.16. The van der Waals surface area contributed by atoms with E-state index in [1.165, 1.54) is 0 Å². The highest BCUT2D eigenvalue weighted by molar-refractivity contribution is 5.91. The van der Waals surface area contributed by atoms with Crippen LogP contribution in [0.2, 0.25) is 0 Å². The van der Waals surface area contributed by atoms with E-state index in [0.717, 1.165) is 30.6 Å². The van der Waals surface area contributed by atoms with Gasteiger partial charge in [-0.1, -0.05) is 18.2 Å². The normalized spacial score (nSPS) is 17.0. The molecule has 1 aromatic carbocycles. The van der Waals surface area contributed by atoms with Crippen LogP contribution in [0.3, 0.4) is 0 Å². The Morgan fingerprint density at radius 3 is 2.66 bits per heavy atom. The van der Waals surface area contributed by atoms with Crippen LogP contribution >= 0.6 is 0 Å². The number of nitrogens with one attached hydrogen (secondary N) is 2. The Morgan fingerprint density at radius 1 is 1.24 bits per heavy atom. The maximum Gasteiger partial charge on any atom is 0.407 e. The first-order chi connectivity index (χ1) is 13.7. The summed E-state index contributed by atoms with van der Waals surface area (Å²) in [6, 6.07) is 7.30. The standard InChI is InChI=1S/C21H32N4O4/c1-21(2,3)29-20(28)23-12-6-11-18(26)24-16-9-5-4-8-15(16)14-25-13-7-10-17(25)19(22)27/h4-5,8-9,17H,6-7,10-14H2,1-3H3,(H2,22,27)(H,23,28)(H,24,26). The molecule has 3 amide bonds. The van der Waals surface area contributed by atoms with Crippen LogP contribution in [0.4, 0.5) is 10.5 Å². The van der Waals surface area contributed by atoms with E-state index in [1.807, 2.05) is 24.3 Å². The molecule has 0 spiro atoms. The van der Waals surface area contributed by atoms with E-state index < -0.39 is 11.7 Å². The van der Waals surface area contributed by atoms with E-state index in [9.17, 15) is 14.4 Å². The molecule has 1 heterocycles. The summed E-state index contributed by atoms with van der Waals surface area (Å²) in [5, 5.41) is 5.57. The van der Waals surface area contributed by atoms with Crippen LogP contribution in [0, 0.1) is 0 Å². The molecule has 0 aromatic heterocycles. The topological polar surface area (TPSA) is 114 Å². The van der Waals surface area contributed by atoms with Crippen molar-refractivity contribution in [1.29, 1.82) is 0 Å². The number of amides is 3. The first-order valence-corrected chi connectivity index (χ1v) is 10.0. The Morgan fingerprint density at radius 2 is 1.97 bits per heavy atom. The summed E-state index contributed by atoms with van der Waals surface area (Å²) >= 11 is 0. The SMILES string of the molecule is CC(C)(C)OC(=O)NCCCC(=O)Nc1ccccc1CN1CCCC1C(N)=O. The third-order valence-electron chi connectivity index (χ3n) is 4.61. The number of ether oxygens (including phenoxy) is 1. The molecule has 160 valence electrons. The van der Waals surface area contributed by atoms with Gasteiger partial charge in [0.2, 0.25) is 11.8 Å². The molecule has 4 N–H and O–H groups in total. The third kappa shape index (κ3) is 7.73. The molecule has 1 saturated heterocycles. The number of likely N-dealkylation sites (tertiary alicyclic amines) is 1. The van der Waals surface area contributed by atoms with Gasteiger partial charge in [0.25, 0.3) is 0 Å². The Bertz CT molecular complexity index is 730. The van der Waals surface area contributed by atoms with E-state index in [-0.39, 0.29) is 24.3 Å². The zero-order valence-electron chi connectivity index (χ0n) is 17.5. The number of nitrogens with zero attached hydrogens (tertiary/aromatic N) is 1. The molecule has 8 nitrogen and oxygen atoms in total. The van der Waals surface area contributed by atoms with Crippen LogP contribution in [0.25, 0.3) is 0 Å². The van der Waals surface area contributed by atoms with Crippen LogP contribution in [0.1, 0.15) is 52.0 Å². The molecule has 29 heavy (non-hydrogen) atoms. The molecule has 0 aliphatic carbocycles. The minimum absolute atomic E-state index is 0.128. The zero-order chi connectivity index (χ0) is 21.4. The second kappa shape index (κ2) is 10.2. The Balaban J connectivity index is 1.82. The predicted molar refractivity (Wildman–Crippen MR) is 111 cm³/mol. The lowest BCUT2D eigenvalue weighted by molar-refractivity contribution is -0.122. The van der Waals surface area contributed by atoms with Gasteiger partial charge in [-0.3, -0.25) is 14.5 Å². The molecule has 1 fully saturated rings. The predicted octanol–water partition coefficient (Wildman–Crippen LogP) is 2.38. The number of anilines is 1. The molecule has 1 aliphatic heterocycles. The molecule has 1 unspecified atom stereocenters. The van der Waals surface area contributed by atoms with E-state index in [0.29, 0.717) is 19.5 Å². The number of rotatable bonds is 8. The minimum atomic E-state index is -0.548. The summed E-state index contributed by atoms with van der Waals surface area (Å²) in [5.74, 6) is -0.433. The van der Waals surface area contributed by atoms with Crippen molar-refractivity contribution in [2.24, 2.45) is 5.73 Å². The Hall–Kier alpha value is -2.61. The highest BCUT2D eigenvalue weighted by Gasteiger charge is 2.29. The number of benzene rings is 1.